The smallest absolute Gasteiger partial charge is 0.0717 e. The minimum Gasteiger partial charge on any atom is -0.375 e. The highest BCUT2D eigenvalue weighted by atomic mass is 79.9. The number of benzene rings is 1. The van der Waals surface area contributed by atoms with Gasteiger partial charge >= 0.3 is 0 Å². The quantitative estimate of drug-likeness (QED) is 0.736. The standard InChI is InChI=1S/C16H22BrNO/c17-15-3-1-2-12(10-15)11-19-9-8-18-16(13-4-5-13)14-6-7-14/h1-3,10,13-14,16,18H,4-9,11H2. The van der Waals surface area contributed by atoms with Crippen LogP contribution < -0.4 is 5.32 Å². The molecule has 0 atom stereocenters. The average Bonchev–Trinajstić information content (AvgIpc) is 3.27. The maximum absolute atomic E-state index is 5.74. The van der Waals surface area contributed by atoms with E-state index in [0.29, 0.717) is 6.61 Å². The van der Waals surface area contributed by atoms with Crippen LogP contribution in [0.1, 0.15) is 31.2 Å². The van der Waals surface area contributed by atoms with Gasteiger partial charge in [0.25, 0.3) is 0 Å². The summed E-state index contributed by atoms with van der Waals surface area (Å²) in [4.78, 5) is 0. The average molecular weight is 324 g/mol. The summed E-state index contributed by atoms with van der Waals surface area (Å²) in [5.41, 5.74) is 1.23. The van der Waals surface area contributed by atoms with Gasteiger partial charge in [-0.2, -0.15) is 0 Å². The van der Waals surface area contributed by atoms with Crippen molar-refractivity contribution >= 4 is 15.9 Å². The van der Waals surface area contributed by atoms with Gasteiger partial charge in [0.1, 0.15) is 0 Å². The predicted octanol–water partition coefficient (Wildman–Crippen LogP) is 3.74. The van der Waals surface area contributed by atoms with E-state index in [1.807, 2.05) is 6.07 Å². The van der Waals surface area contributed by atoms with Gasteiger partial charge in [0.05, 0.1) is 13.2 Å². The summed E-state index contributed by atoms with van der Waals surface area (Å²) in [6, 6.07) is 9.10. The SMILES string of the molecule is Brc1cccc(COCCNC(C2CC2)C2CC2)c1. The molecule has 0 aliphatic heterocycles. The maximum atomic E-state index is 5.74. The zero-order valence-electron chi connectivity index (χ0n) is 11.3. The van der Waals surface area contributed by atoms with Crippen LogP contribution >= 0.6 is 15.9 Å². The number of rotatable bonds is 8. The van der Waals surface area contributed by atoms with E-state index >= 15 is 0 Å². The van der Waals surface area contributed by atoms with E-state index in [1.54, 1.807) is 0 Å². The molecule has 0 heterocycles. The molecule has 0 saturated heterocycles. The van der Waals surface area contributed by atoms with Gasteiger partial charge in [-0.1, -0.05) is 28.1 Å². The van der Waals surface area contributed by atoms with Crippen molar-refractivity contribution in [1.29, 1.82) is 0 Å². The van der Waals surface area contributed by atoms with Gasteiger partial charge in [0.2, 0.25) is 0 Å². The molecule has 0 aromatic heterocycles. The number of halogens is 1. The molecule has 0 radical (unpaired) electrons. The van der Waals surface area contributed by atoms with Crippen molar-refractivity contribution < 1.29 is 4.74 Å². The van der Waals surface area contributed by atoms with Crippen LogP contribution in [-0.2, 0) is 11.3 Å². The fraction of sp³-hybridized carbons (Fsp3) is 0.625. The lowest BCUT2D eigenvalue weighted by molar-refractivity contribution is 0.119. The topological polar surface area (TPSA) is 21.3 Å². The molecule has 2 nitrogen and oxygen atoms in total. The Morgan fingerprint density at radius 2 is 1.95 bits per heavy atom. The highest BCUT2D eigenvalue weighted by molar-refractivity contribution is 9.10. The van der Waals surface area contributed by atoms with Crippen molar-refractivity contribution in [2.24, 2.45) is 11.8 Å². The predicted molar refractivity (Wildman–Crippen MR) is 81.0 cm³/mol. The lowest BCUT2D eigenvalue weighted by Gasteiger charge is -2.17. The first-order valence-electron chi connectivity index (χ1n) is 7.38. The molecule has 1 N–H and O–H groups in total. The molecule has 2 aliphatic carbocycles. The van der Waals surface area contributed by atoms with Crippen LogP contribution in [0.15, 0.2) is 28.7 Å². The molecule has 3 heteroatoms. The second kappa shape index (κ2) is 6.38. The molecule has 1 aromatic rings. The van der Waals surface area contributed by atoms with Gasteiger partial charge in [-0.15, -0.1) is 0 Å². The van der Waals surface area contributed by atoms with Crippen LogP contribution in [0.25, 0.3) is 0 Å². The highest BCUT2D eigenvalue weighted by Crippen LogP contribution is 2.44. The molecule has 3 rings (SSSR count). The molecule has 0 amide bonds. The fourth-order valence-electron chi connectivity index (χ4n) is 2.74. The lowest BCUT2D eigenvalue weighted by Crippen LogP contribution is -2.35. The summed E-state index contributed by atoms with van der Waals surface area (Å²) in [5.74, 6) is 1.94. The fourth-order valence-corrected chi connectivity index (χ4v) is 3.19. The molecule has 0 unspecified atom stereocenters. The summed E-state index contributed by atoms with van der Waals surface area (Å²) in [5, 5.41) is 3.71. The summed E-state index contributed by atoms with van der Waals surface area (Å²) in [6.07, 6.45) is 5.75. The van der Waals surface area contributed by atoms with Crippen molar-refractivity contribution in [3.8, 4) is 0 Å². The second-order valence-corrected chi connectivity index (χ2v) is 6.75. The summed E-state index contributed by atoms with van der Waals surface area (Å²) < 4.78 is 6.86. The van der Waals surface area contributed by atoms with E-state index < -0.39 is 0 Å². The first-order valence-corrected chi connectivity index (χ1v) is 8.18. The van der Waals surface area contributed by atoms with Crippen molar-refractivity contribution in [3.05, 3.63) is 34.3 Å². The Morgan fingerprint density at radius 1 is 1.21 bits per heavy atom. The van der Waals surface area contributed by atoms with Crippen molar-refractivity contribution in [1.82, 2.24) is 5.32 Å². The monoisotopic (exact) mass is 323 g/mol. The normalized spacial score (nSPS) is 19.1. The van der Waals surface area contributed by atoms with Gasteiger partial charge in [-0.05, 0) is 55.2 Å². The zero-order chi connectivity index (χ0) is 13.1. The molecule has 19 heavy (non-hydrogen) atoms. The Bertz CT molecular complexity index is 403. The van der Waals surface area contributed by atoms with Crippen molar-refractivity contribution in [3.63, 3.8) is 0 Å². The van der Waals surface area contributed by atoms with Gasteiger partial charge in [0.15, 0.2) is 0 Å². The summed E-state index contributed by atoms with van der Waals surface area (Å²) >= 11 is 3.48. The van der Waals surface area contributed by atoms with Gasteiger partial charge in [0, 0.05) is 17.1 Å². The van der Waals surface area contributed by atoms with E-state index in [1.165, 1.54) is 31.2 Å². The second-order valence-electron chi connectivity index (χ2n) is 5.84. The van der Waals surface area contributed by atoms with Crippen LogP contribution in [0.5, 0.6) is 0 Å². The van der Waals surface area contributed by atoms with E-state index in [-0.39, 0.29) is 0 Å². The van der Waals surface area contributed by atoms with E-state index in [9.17, 15) is 0 Å². The highest BCUT2D eigenvalue weighted by Gasteiger charge is 2.40. The first kappa shape index (κ1) is 13.6. The minimum absolute atomic E-state index is 0.707. The third-order valence-corrected chi connectivity index (χ3v) is 4.54. The Balaban J connectivity index is 1.32. The van der Waals surface area contributed by atoms with Crippen LogP contribution in [0.3, 0.4) is 0 Å². The number of hydrogen-bond donors (Lipinski definition) is 1. The molecule has 1 aromatic carbocycles. The van der Waals surface area contributed by atoms with Gasteiger partial charge in [-0.25, -0.2) is 0 Å². The van der Waals surface area contributed by atoms with Crippen LogP contribution in [0.2, 0.25) is 0 Å². The number of ether oxygens (including phenoxy) is 1. The zero-order valence-corrected chi connectivity index (χ0v) is 12.9. The van der Waals surface area contributed by atoms with Gasteiger partial charge in [-0.3, -0.25) is 0 Å². The third kappa shape index (κ3) is 4.30. The Morgan fingerprint density at radius 3 is 2.58 bits per heavy atom. The maximum Gasteiger partial charge on any atom is 0.0717 e. The molecular weight excluding hydrogens is 302 g/mol. The minimum atomic E-state index is 0.707. The molecule has 2 fully saturated rings. The Kier molecular flexibility index (Phi) is 4.57. The van der Waals surface area contributed by atoms with Crippen molar-refractivity contribution in [2.75, 3.05) is 13.2 Å². The van der Waals surface area contributed by atoms with E-state index in [0.717, 1.165) is 35.5 Å². The van der Waals surface area contributed by atoms with Crippen molar-refractivity contribution in [2.45, 2.75) is 38.3 Å². The molecular formula is C16H22BrNO. The van der Waals surface area contributed by atoms with Gasteiger partial charge < -0.3 is 10.1 Å². The Hall–Kier alpha value is -0.380. The molecule has 2 saturated carbocycles. The van der Waals surface area contributed by atoms with E-state index in [2.05, 4.69) is 39.4 Å². The number of hydrogen-bond acceptors (Lipinski definition) is 2. The first-order chi connectivity index (χ1) is 9.33. The lowest BCUT2D eigenvalue weighted by atomic mass is 10.1. The number of nitrogens with one attached hydrogen (secondary N) is 1. The largest absolute Gasteiger partial charge is 0.375 e. The van der Waals surface area contributed by atoms with Crippen LogP contribution in [-0.4, -0.2) is 19.2 Å². The van der Waals surface area contributed by atoms with E-state index in [4.69, 9.17) is 4.74 Å². The van der Waals surface area contributed by atoms with Crippen LogP contribution in [0.4, 0.5) is 0 Å². The molecule has 2 aliphatic rings. The molecule has 0 spiro atoms. The molecule has 104 valence electrons. The third-order valence-electron chi connectivity index (χ3n) is 4.04. The Labute approximate surface area is 124 Å². The summed E-state index contributed by atoms with van der Waals surface area (Å²) in [6.45, 7) is 2.51. The molecule has 0 bridgehead atoms. The summed E-state index contributed by atoms with van der Waals surface area (Å²) in [7, 11) is 0. The van der Waals surface area contributed by atoms with Crippen LogP contribution in [0, 0.1) is 11.8 Å².